The molecule has 4 aromatic rings. The van der Waals surface area contributed by atoms with Gasteiger partial charge in [-0.1, -0.05) is 29.8 Å². The van der Waals surface area contributed by atoms with Crippen LogP contribution in [0.25, 0.3) is 21.3 Å². The van der Waals surface area contributed by atoms with Crippen molar-refractivity contribution in [3.8, 4) is 28.5 Å². The molecule has 0 fully saturated rings. The van der Waals surface area contributed by atoms with Crippen LogP contribution in [0.5, 0.6) is 17.4 Å². The van der Waals surface area contributed by atoms with Gasteiger partial charge in [0, 0.05) is 16.5 Å². The van der Waals surface area contributed by atoms with Crippen LogP contribution in [-0.4, -0.2) is 23.4 Å². The molecule has 0 aliphatic carbocycles. The highest BCUT2D eigenvalue weighted by Gasteiger charge is 2.16. The molecule has 0 aliphatic heterocycles. The summed E-state index contributed by atoms with van der Waals surface area (Å²) < 4.78 is 11.4. The molecule has 0 N–H and O–H groups in total. The maximum absolute atomic E-state index is 11.0. The number of carbonyl (C=O) groups is 1. The van der Waals surface area contributed by atoms with Gasteiger partial charge >= 0.3 is 0 Å². The summed E-state index contributed by atoms with van der Waals surface area (Å²) in [6.07, 6.45) is 2.25. The Hall–Kier alpha value is -3.25. The van der Waals surface area contributed by atoms with E-state index in [1.54, 1.807) is 29.5 Å². The molecule has 6 heteroatoms. The largest absolute Gasteiger partial charge is 0.493 e. The monoisotopic (exact) mass is 376 g/mol. The lowest BCUT2D eigenvalue weighted by atomic mass is 10.0. The SMILES string of the molecule is COc1cc(C=O)ccc1Oc1ncnc2scc(-c3ccc(C)cc3)c12. The highest BCUT2D eigenvalue weighted by Crippen LogP contribution is 2.40. The molecule has 0 amide bonds. The van der Waals surface area contributed by atoms with Crippen LogP contribution in [0, 0.1) is 6.92 Å². The average molecular weight is 376 g/mol. The molecule has 2 heterocycles. The van der Waals surface area contributed by atoms with Crippen LogP contribution in [0.3, 0.4) is 0 Å². The molecular formula is C21H16N2O3S. The van der Waals surface area contributed by atoms with Crippen LogP contribution in [0.1, 0.15) is 15.9 Å². The molecule has 0 radical (unpaired) electrons. The van der Waals surface area contributed by atoms with Crippen molar-refractivity contribution in [1.82, 2.24) is 9.97 Å². The number of nitrogens with zero attached hydrogens (tertiary/aromatic N) is 2. The lowest BCUT2D eigenvalue weighted by Crippen LogP contribution is -1.95. The number of ether oxygens (including phenoxy) is 2. The van der Waals surface area contributed by atoms with E-state index in [4.69, 9.17) is 9.47 Å². The zero-order chi connectivity index (χ0) is 18.8. The van der Waals surface area contributed by atoms with Gasteiger partial charge in [-0.3, -0.25) is 4.79 Å². The zero-order valence-corrected chi connectivity index (χ0v) is 15.6. The summed E-state index contributed by atoms with van der Waals surface area (Å²) in [5.74, 6) is 1.41. The quantitative estimate of drug-likeness (QED) is 0.444. The van der Waals surface area contributed by atoms with Crippen LogP contribution in [-0.2, 0) is 0 Å². The number of aryl methyl sites for hydroxylation is 1. The van der Waals surface area contributed by atoms with Gasteiger partial charge in [0.25, 0.3) is 0 Å². The molecule has 0 aliphatic rings. The number of benzene rings is 2. The van der Waals surface area contributed by atoms with Crippen molar-refractivity contribution >= 4 is 27.8 Å². The highest BCUT2D eigenvalue weighted by molar-refractivity contribution is 7.17. The van der Waals surface area contributed by atoms with Gasteiger partial charge < -0.3 is 9.47 Å². The molecule has 0 saturated carbocycles. The maximum atomic E-state index is 11.0. The van der Waals surface area contributed by atoms with E-state index in [0.29, 0.717) is 22.9 Å². The van der Waals surface area contributed by atoms with Gasteiger partial charge in [-0.05, 0) is 30.7 Å². The molecule has 0 spiro atoms. The second kappa shape index (κ2) is 7.17. The third-order valence-electron chi connectivity index (χ3n) is 4.23. The molecule has 5 nitrogen and oxygen atoms in total. The standard InChI is InChI=1S/C21H16N2O3S/c1-13-3-6-15(7-4-13)16-11-27-21-19(16)20(22-12-23-21)26-17-8-5-14(10-24)9-18(17)25-2/h3-12H,1-2H3. The minimum Gasteiger partial charge on any atom is -0.493 e. The molecule has 2 aromatic carbocycles. The Morgan fingerprint density at radius 3 is 2.59 bits per heavy atom. The first-order valence-corrected chi connectivity index (χ1v) is 9.18. The summed E-state index contributed by atoms with van der Waals surface area (Å²) in [5, 5.41) is 2.91. The number of methoxy groups -OCH3 is 1. The number of carbonyl (C=O) groups excluding carboxylic acids is 1. The zero-order valence-electron chi connectivity index (χ0n) is 14.8. The summed E-state index contributed by atoms with van der Waals surface area (Å²) in [6, 6.07) is 13.3. The number of aromatic nitrogens is 2. The number of thiophene rings is 1. The van der Waals surface area contributed by atoms with Crippen molar-refractivity contribution in [1.29, 1.82) is 0 Å². The number of rotatable bonds is 5. The summed E-state index contributed by atoms with van der Waals surface area (Å²) >= 11 is 1.55. The van der Waals surface area contributed by atoms with Crippen molar-refractivity contribution in [2.45, 2.75) is 6.92 Å². The van der Waals surface area contributed by atoms with E-state index in [9.17, 15) is 4.79 Å². The van der Waals surface area contributed by atoms with Gasteiger partial charge in [0.05, 0.1) is 12.5 Å². The molecule has 2 aromatic heterocycles. The first kappa shape index (κ1) is 17.2. The lowest BCUT2D eigenvalue weighted by Gasteiger charge is -2.11. The molecule has 27 heavy (non-hydrogen) atoms. The first-order chi connectivity index (χ1) is 13.2. The normalized spacial score (nSPS) is 10.7. The second-order valence-electron chi connectivity index (χ2n) is 6.00. The Bertz CT molecular complexity index is 1120. The van der Waals surface area contributed by atoms with Gasteiger partial charge in [0.2, 0.25) is 5.88 Å². The minimum atomic E-state index is 0.453. The molecule has 0 bridgehead atoms. The Balaban J connectivity index is 1.82. The van der Waals surface area contributed by atoms with Gasteiger partial charge in [-0.15, -0.1) is 11.3 Å². The van der Waals surface area contributed by atoms with Crippen LogP contribution in [0.2, 0.25) is 0 Å². The van der Waals surface area contributed by atoms with E-state index in [1.807, 2.05) is 0 Å². The first-order valence-electron chi connectivity index (χ1n) is 8.30. The van der Waals surface area contributed by atoms with Crippen molar-refractivity contribution in [3.63, 3.8) is 0 Å². The van der Waals surface area contributed by atoms with Crippen LogP contribution in [0.15, 0.2) is 54.2 Å². The molecule has 134 valence electrons. The van der Waals surface area contributed by atoms with E-state index < -0.39 is 0 Å². The Morgan fingerprint density at radius 1 is 1.04 bits per heavy atom. The molecule has 0 saturated heterocycles. The fourth-order valence-corrected chi connectivity index (χ4v) is 3.72. The van der Waals surface area contributed by atoms with Crippen LogP contribution in [0.4, 0.5) is 0 Å². The average Bonchev–Trinajstić information content (AvgIpc) is 3.14. The van der Waals surface area contributed by atoms with E-state index in [0.717, 1.165) is 27.6 Å². The molecule has 0 atom stereocenters. The predicted molar refractivity (Wildman–Crippen MR) is 106 cm³/mol. The molecule has 0 unspecified atom stereocenters. The van der Waals surface area contributed by atoms with E-state index in [1.165, 1.54) is 19.0 Å². The van der Waals surface area contributed by atoms with Crippen molar-refractivity contribution in [2.75, 3.05) is 7.11 Å². The Labute approximate surface area is 160 Å². The number of hydrogen-bond acceptors (Lipinski definition) is 6. The van der Waals surface area contributed by atoms with Gasteiger partial charge in [-0.25, -0.2) is 9.97 Å². The van der Waals surface area contributed by atoms with E-state index in [-0.39, 0.29) is 0 Å². The number of fused-ring (bicyclic) bond motifs is 1. The fraction of sp³-hybridized carbons (Fsp3) is 0.0952. The minimum absolute atomic E-state index is 0.453. The van der Waals surface area contributed by atoms with Gasteiger partial charge in [0.15, 0.2) is 11.5 Å². The molecular weight excluding hydrogens is 360 g/mol. The predicted octanol–water partition coefficient (Wildman–Crippen LogP) is 5.28. The van der Waals surface area contributed by atoms with E-state index in [2.05, 4.69) is 46.5 Å². The van der Waals surface area contributed by atoms with E-state index >= 15 is 0 Å². The second-order valence-corrected chi connectivity index (χ2v) is 6.86. The fourth-order valence-electron chi connectivity index (χ4n) is 2.82. The number of hydrogen-bond donors (Lipinski definition) is 0. The smallest absolute Gasteiger partial charge is 0.231 e. The Morgan fingerprint density at radius 2 is 1.85 bits per heavy atom. The maximum Gasteiger partial charge on any atom is 0.231 e. The van der Waals surface area contributed by atoms with Crippen LogP contribution >= 0.6 is 11.3 Å². The van der Waals surface area contributed by atoms with Crippen molar-refractivity contribution in [3.05, 3.63) is 65.3 Å². The summed E-state index contributed by atoms with van der Waals surface area (Å²) in [6.45, 7) is 2.06. The highest BCUT2D eigenvalue weighted by atomic mass is 32.1. The summed E-state index contributed by atoms with van der Waals surface area (Å²) in [4.78, 5) is 20.6. The number of aldehydes is 1. The third kappa shape index (κ3) is 3.27. The van der Waals surface area contributed by atoms with Crippen molar-refractivity contribution in [2.24, 2.45) is 0 Å². The summed E-state index contributed by atoms with van der Waals surface area (Å²) in [7, 11) is 1.54. The molecule has 4 rings (SSSR count). The summed E-state index contributed by atoms with van der Waals surface area (Å²) in [5.41, 5.74) is 3.82. The lowest BCUT2D eigenvalue weighted by molar-refractivity contribution is 0.112. The van der Waals surface area contributed by atoms with Crippen molar-refractivity contribution < 1.29 is 14.3 Å². The van der Waals surface area contributed by atoms with Gasteiger partial charge in [-0.2, -0.15) is 0 Å². The Kier molecular flexibility index (Phi) is 4.56. The topological polar surface area (TPSA) is 61.3 Å². The van der Waals surface area contributed by atoms with Crippen LogP contribution < -0.4 is 9.47 Å². The van der Waals surface area contributed by atoms with Gasteiger partial charge in [0.1, 0.15) is 17.4 Å². The third-order valence-corrected chi connectivity index (χ3v) is 5.11.